The predicted octanol–water partition coefficient (Wildman–Crippen LogP) is 3.87. The third-order valence-corrected chi connectivity index (χ3v) is 6.37. The maximum absolute atomic E-state index is 12.8. The van der Waals surface area contributed by atoms with Gasteiger partial charge in [-0.15, -0.1) is 0 Å². The van der Waals surface area contributed by atoms with Crippen LogP contribution >= 0.6 is 0 Å². The number of hydrogen-bond donors (Lipinski definition) is 0. The van der Waals surface area contributed by atoms with Gasteiger partial charge in [0.15, 0.2) is 9.84 Å². The highest BCUT2D eigenvalue weighted by Crippen LogP contribution is 2.52. The van der Waals surface area contributed by atoms with Crippen LogP contribution in [0.1, 0.15) is 36.8 Å². The van der Waals surface area contributed by atoms with Crippen LogP contribution in [-0.2, 0) is 19.4 Å². The number of esters is 1. The Bertz CT molecular complexity index is 980. The molecule has 0 N–H and O–H groups in total. The molecule has 1 fully saturated rings. The topological polar surface area (TPSA) is 60.4 Å². The summed E-state index contributed by atoms with van der Waals surface area (Å²) < 4.78 is 29.4. The Morgan fingerprint density at radius 1 is 0.885 bits per heavy atom. The first kappa shape index (κ1) is 17.0. The third kappa shape index (κ3) is 2.76. The molecule has 1 aliphatic heterocycles. The Balaban J connectivity index is 1.92. The highest BCUT2D eigenvalue weighted by molar-refractivity contribution is 7.90. The monoisotopic (exact) mass is 368 g/mol. The van der Waals surface area contributed by atoms with Gasteiger partial charge in [-0.3, -0.25) is 0 Å². The predicted molar refractivity (Wildman–Crippen MR) is 100 cm³/mol. The molecular weight excluding hydrogens is 348 g/mol. The zero-order chi connectivity index (χ0) is 18.4. The number of carbonyl (C=O) groups is 1. The second-order valence-electron chi connectivity index (χ2n) is 7.00. The number of carbonyl (C=O) groups excluding carboxylic acids is 1. The summed E-state index contributed by atoms with van der Waals surface area (Å²) in [4.78, 5) is 13.0. The van der Waals surface area contributed by atoms with Crippen molar-refractivity contribution >= 4 is 27.0 Å². The van der Waals surface area contributed by atoms with Crippen molar-refractivity contribution in [3.05, 3.63) is 65.7 Å². The molecule has 1 saturated carbocycles. The number of hydrogen-bond acceptors (Lipinski definition) is 4. The minimum Gasteiger partial charge on any atom is -0.451 e. The second-order valence-corrected chi connectivity index (χ2v) is 9.02. The number of sulfone groups is 1. The van der Waals surface area contributed by atoms with Crippen LogP contribution in [0, 0.1) is 0 Å². The second kappa shape index (κ2) is 6.09. The summed E-state index contributed by atoms with van der Waals surface area (Å²) >= 11 is 0. The quantitative estimate of drug-likeness (QED) is 0.772. The molecule has 0 aromatic heterocycles. The average molecular weight is 368 g/mol. The minimum absolute atomic E-state index is 0.272. The molecule has 4 rings (SSSR count). The van der Waals surface area contributed by atoms with Gasteiger partial charge in [0.25, 0.3) is 0 Å². The van der Waals surface area contributed by atoms with Gasteiger partial charge in [-0.1, -0.05) is 42.5 Å². The van der Waals surface area contributed by atoms with Crippen molar-refractivity contribution in [3.8, 4) is 0 Å². The largest absolute Gasteiger partial charge is 0.451 e. The van der Waals surface area contributed by atoms with E-state index in [2.05, 4.69) is 0 Å². The number of rotatable bonds is 3. The Morgan fingerprint density at radius 3 is 2.08 bits per heavy atom. The summed E-state index contributed by atoms with van der Waals surface area (Å²) in [6, 6.07) is 16.3. The van der Waals surface area contributed by atoms with Crippen LogP contribution in [0.4, 0.5) is 0 Å². The van der Waals surface area contributed by atoms with Gasteiger partial charge < -0.3 is 4.74 Å². The first-order valence-electron chi connectivity index (χ1n) is 8.75. The van der Waals surface area contributed by atoms with Gasteiger partial charge in [0.05, 0.1) is 10.5 Å². The van der Waals surface area contributed by atoms with Crippen molar-refractivity contribution in [1.29, 1.82) is 0 Å². The fraction of sp³-hybridized carbons (Fsp3) is 0.286. The fourth-order valence-electron chi connectivity index (χ4n) is 4.05. The van der Waals surface area contributed by atoms with Crippen LogP contribution in [-0.4, -0.2) is 26.2 Å². The molecule has 0 radical (unpaired) electrons. The van der Waals surface area contributed by atoms with Gasteiger partial charge in [-0.25, -0.2) is 13.2 Å². The molecule has 134 valence electrons. The van der Waals surface area contributed by atoms with E-state index in [1.165, 1.54) is 6.26 Å². The van der Waals surface area contributed by atoms with Crippen LogP contribution in [0.5, 0.6) is 0 Å². The van der Waals surface area contributed by atoms with Crippen molar-refractivity contribution < 1.29 is 17.9 Å². The van der Waals surface area contributed by atoms with E-state index in [-0.39, 0.29) is 10.9 Å². The lowest BCUT2D eigenvalue weighted by atomic mass is 9.83. The average Bonchev–Trinajstić information content (AvgIpc) is 3.19. The van der Waals surface area contributed by atoms with E-state index in [0.29, 0.717) is 5.57 Å². The zero-order valence-corrected chi connectivity index (χ0v) is 15.4. The van der Waals surface area contributed by atoms with E-state index in [9.17, 15) is 13.2 Å². The van der Waals surface area contributed by atoms with Crippen molar-refractivity contribution in [2.24, 2.45) is 0 Å². The Labute approximate surface area is 153 Å². The molecular formula is C21H20O4S. The summed E-state index contributed by atoms with van der Waals surface area (Å²) in [7, 11) is -3.26. The van der Waals surface area contributed by atoms with E-state index < -0.39 is 15.4 Å². The maximum Gasteiger partial charge on any atom is 0.340 e. The molecule has 2 aromatic carbocycles. The summed E-state index contributed by atoms with van der Waals surface area (Å²) in [5, 5.41) is 0. The van der Waals surface area contributed by atoms with E-state index in [1.807, 2.05) is 30.3 Å². The van der Waals surface area contributed by atoms with Crippen molar-refractivity contribution in [1.82, 2.24) is 0 Å². The molecule has 1 heterocycles. The lowest BCUT2D eigenvalue weighted by Crippen LogP contribution is -2.27. The summed E-state index contributed by atoms with van der Waals surface area (Å²) in [6.45, 7) is 0. The molecule has 0 unspecified atom stereocenters. The van der Waals surface area contributed by atoms with Crippen molar-refractivity contribution in [2.45, 2.75) is 36.2 Å². The molecule has 0 atom stereocenters. The Hall–Kier alpha value is -2.40. The fourth-order valence-corrected chi connectivity index (χ4v) is 4.68. The lowest BCUT2D eigenvalue weighted by Gasteiger charge is -2.26. The normalized spacial score (nSPS) is 19.2. The molecule has 0 saturated heterocycles. The van der Waals surface area contributed by atoms with E-state index in [1.54, 1.807) is 24.3 Å². The molecule has 0 bridgehead atoms. The first-order chi connectivity index (χ1) is 12.4. The first-order valence-corrected chi connectivity index (χ1v) is 10.6. The molecule has 0 amide bonds. The number of benzene rings is 2. The molecule has 1 spiro atoms. The van der Waals surface area contributed by atoms with Crippen molar-refractivity contribution in [2.75, 3.05) is 6.26 Å². The highest BCUT2D eigenvalue weighted by atomic mass is 32.2. The minimum atomic E-state index is -3.26. The summed E-state index contributed by atoms with van der Waals surface area (Å²) in [6.07, 6.45) is 4.83. The SMILES string of the molecule is CS(=O)(=O)c1ccc(C2=C(c3ccccc3)C(=O)OC23CCCC3)cc1. The van der Waals surface area contributed by atoms with Crippen LogP contribution in [0.15, 0.2) is 59.5 Å². The van der Waals surface area contributed by atoms with Crippen LogP contribution in [0.3, 0.4) is 0 Å². The van der Waals surface area contributed by atoms with Gasteiger partial charge in [-0.2, -0.15) is 0 Å². The maximum atomic E-state index is 12.8. The zero-order valence-electron chi connectivity index (χ0n) is 14.6. The molecule has 2 aliphatic rings. The van der Waals surface area contributed by atoms with E-state index in [0.717, 1.165) is 42.4 Å². The highest BCUT2D eigenvalue weighted by Gasteiger charge is 2.49. The Kier molecular flexibility index (Phi) is 3.99. The van der Waals surface area contributed by atoms with Gasteiger partial charge in [0.2, 0.25) is 0 Å². The smallest absolute Gasteiger partial charge is 0.340 e. The van der Waals surface area contributed by atoms with Crippen LogP contribution < -0.4 is 0 Å². The van der Waals surface area contributed by atoms with Gasteiger partial charge in [-0.05, 0) is 48.9 Å². The van der Waals surface area contributed by atoms with E-state index in [4.69, 9.17) is 4.74 Å². The standard InChI is InChI=1S/C21H20O4S/c1-26(23,24)17-11-9-16(10-12-17)19-18(15-7-3-2-4-8-15)20(22)25-21(19)13-5-6-14-21/h2-4,7-12H,5-6,13-14H2,1H3. The van der Waals surface area contributed by atoms with E-state index >= 15 is 0 Å². The molecule has 4 nitrogen and oxygen atoms in total. The Morgan fingerprint density at radius 2 is 1.50 bits per heavy atom. The van der Waals surface area contributed by atoms with Crippen LogP contribution in [0.25, 0.3) is 11.1 Å². The summed E-state index contributed by atoms with van der Waals surface area (Å²) in [5.74, 6) is -0.291. The molecule has 26 heavy (non-hydrogen) atoms. The molecule has 5 heteroatoms. The van der Waals surface area contributed by atoms with Crippen molar-refractivity contribution in [3.63, 3.8) is 0 Å². The summed E-state index contributed by atoms with van der Waals surface area (Å²) in [5.41, 5.74) is 2.59. The lowest BCUT2D eigenvalue weighted by molar-refractivity contribution is -0.143. The third-order valence-electron chi connectivity index (χ3n) is 5.24. The molecule has 1 aliphatic carbocycles. The number of ether oxygens (including phenoxy) is 1. The van der Waals surface area contributed by atoms with Gasteiger partial charge >= 0.3 is 5.97 Å². The van der Waals surface area contributed by atoms with Gasteiger partial charge in [0, 0.05) is 11.8 Å². The van der Waals surface area contributed by atoms with Crippen LogP contribution in [0.2, 0.25) is 0 Å². The molecule has 2 aromatic rings. The van der Waals surface area contributed by atoms with Gasteiger partial charge in [0.1, 0.15) is 5.60 Å².